The average molecular weight is 375 g/mol. The molecule has 1 aromatic heterocycles. The van der Waals surface area contributed by atoms with Crippen molar-refractivity contribution in [3.8, 4) is 5.75 Å². The van der Waals surface area contributed by atoms with Gasteiger partial charge >= 0.3 is 5.97 Å². The van der Waals surface area contributed by atoms with Crippen LogP contribution in [0, 0.1) is 5.82 Å². The van der Waals surface area contributed by atoms with Gasteiger partial charge in [0.15, 0.2) is 6.10 Å². The second kappa shape index (κ2) is 8.70. The van der Waals surface area contributed by atoms with Crippen LogP contribution in [-0.4, -0.2) is 24.0 Å². The van der Waals surface area contributed by atoms with Crippen LogP contribution < -0.4 is 10.1 Å². The van der Waals surface area contributed by atoms with E-state index >= 15 is 0 Å². The molecule has 0 aliphatic heterocycles. The molecule has 1 N–H and O–H groups in total. The molecule has 27 heavy (non-hydrogen) atoms. The summed E-state index contributed by atoms with van der Waals surface area (Å²) in [6, 6.07) is 8.79. The number of rotatable bonds is 7. The molecule has 0 bridgehead atoms. The number of benzene rings is 1. The monoisotopic (exact) mass is 375 g/mol. The minimum absolute atomic E-state index is 0.00628. The van der Waals surface area contributed by atoms with Crippen molar-refractivity contribution < 1.29 is 27.9 Å². The summed E-state index contributed by atoms with van der Waals surface area (Å²) in [5.74, 6) is -0.480. The summed E-state index contributed by atoms with van der Waals surface area (Å²) >= 11 is 0. The van der Waals surface area contributed by atoms with Crippen molar-refractivity contribution in [1.82, 2.24) is 5.32 Å². The number of nitrogens with one attached hydrogen (secondary N) is 1. The van der Waals surface area contributed by atoms with Crippen LogP contribution in [-0.2, 0) is 16.1 Å². The molecular weight excluding hydrogens is 353 g/mol. The van der Waals surface area contributed by atoms with Crippen LogP contribution in [0.15, 0.2) is 40.8 Å². The summed E-state index contributed by atoms with van der Waals surface area (Å²) in [5, 5.41) is 2.89. The highest BCUT2D eigenvalue weighted by Crippen LogP contribution is 2.18. The molecule has 1 heterocycles. The SMILES string of the molecule is CC(OC(=O)c1ccc(COc2ccc(F)cc2)o1)C(=O)NC1CCCC1. The van der Waals surface area contributed by atoms with E-state index in [0.29, 0.717) is 11.5 Å². The maximum atomic E-state index is 12.9. The van der Waals surface area contributed by atoms with Crippen molar-refractivity contribution in [1.29, 1.82) is 0 Å². The van der Waals surface area contributed by atoms with E-state index in [2.05, 4.69) is 5.32 Å². The quantitative estimate of drug-likeness (QED) is 0.748. The van der Waals surface area contributed by atoms with E-state index in [-0.39, 0.29) is 30.1 Å². The zero-order valence-electron chi connectivity index (χ0n) is 15.1. The van der Waals surface area contributed by atoms with Gasteiger partial charge in [-0.3, -0.25) is 4.79 Å². The van der Waals surface area contributed by atoms with Gasteiger partial charge in [-0.1, -0.05) is 12.8 Å². The summed E-state index contributed by atoms with van der Waals surface area (Å²) in [5.41, 5.74) is 0. The van der Waals surface area contributed by atoms with Gasteiger partial charge in [0.25, 0.3) is 5.91 Å². The fraction of sp³-hybridized carbons (Fsp3) is 0.400. The van der Waals surface area contributed by atoms with E-state index in [1.54, 1.807) is 6.07 Å². The Bertz CT molecular complexity index is 780. The lowest BCUT2D eigenvalue weighted by molar-refractivity contribution is -0.129. The molecule has 0 radical (unpaired) electrons. The van der Waals surface area contributed by atoms with Crippen LogP contribution in [0.1, 0.15) is 48.9 Å². The van der Waals surface area contributed by atoms with E-state index in [4.69, 9.17) is 13.9 Å². The molecule has 3 rings (SSSR count). The Morgan fingerprint density at radius 3 is 2.59 bits per heavy atom. The second-order valence-corrected chi connectivity index (χ2v) is 6.55. The first kappa shape index (κ1) is 18.9. The molecule has 1 aliphatic carbocycles. The molecule has 1 aromatic carbocycles. The molecular formula is C20H22FNO5. The van der Waals surface area contributed by atoms with Gasteiger partial charge in [-0.05, 0) is 56.2 Å². The average Bonchev–Trinajstić information content (AvgIpc) is 3.33. The third-order valence-corrected chi connectivity index (χ3v) is 4.41. The first-order chi connectivity index (χ1) is 13.0. The fourth-order valence-corrected chi connectivity index (χ4v) is 2.91. The minimum Gasteiger partial charge on any atom is -0.486 e. The zero-order chi connectivity index (χ0) is 19.2. The number of halogens is 1. The number of hydrogen-bond acceptors (Lipinski definition) is 5. The minimum atomic E-state index is -0.901. The fourth-order valence-electron chi connectivity index (χ4n) is 2.91. The highest BCUT2D eigenvalue weighted by atomic mass is 19.1. The normalized spacial score (nSPS) is 15.3. The van der Waals surface area contributed by atoms with Crippen molar-refractivity contribution >= 4 is 11.9 Å². The smallest absolute Gasteiger partial charge is 0.375 e. The van der Waals surface area contributed by atoms with Crippen molar-refractivity contribution in [3.05, 3.63) is 53.7 Å². The molecule has 0 saturated heterocycles. The van der Waals surface area contributed by atoms with Gasteiger partial charge < -0.3 is 19.2 Å². The third kappa shape index (κ3) is 5.32. The Kier molecular flexibility index (Phi) is 6.11. The lowest BCUT2D eigenvalue weighted by atomic mass is 10.2. The van der Waals surface area contributed by atoms with Crippen LogP contribution >= 0.6 is 0 Å². The molecule has 1 fully saturated rings. The van der Waals surface area contributed by atoms with Crippen LogP contribution in [0.4, 0.5) is 4.39 Å². The van der Waals surface area contributed by atoms with Crippen LogP contribution in [0.25, 0.3) is 0 Å². The first-order valence-corrected chi connectivity index (χ1v) is 8.99. The Hall–Kier alpha value is -2.83. The van der Waals surface area contributed by atoms with Crippen LogP contribution in [0.5, 0.6) is 5.75 Å². The molecule has 2 aromatic rings. The number of esters is 1. The molecule has 1 amide bonds. The number of carbonyl (C=O) groups excluding carboxylic acids is 2. The van der Waals surface area contributed by atoms with Crippen molar-refractivity contribution in [2.24, 2.45) is 0 Å². The number of furan rings is 1. The Morgan fingerprint density at radius 1 is 1.19 bits per heavy atom. The van der Waals surface area contributed by atoms with Gasteiger partial charge in [0.05, 0.1) is 0 Å². The summed E-state index contributed by atoms with van der Waals surface area (Å²) in [7, 11) is 0. The lowest BCUT2D eigenvalue weighted by Gasteiger charge is -2.16. The second-order valence-electron chi connectivity index (χ2n) is 6.55. The standard InChI is InChI=1S/C20H22FNO5/c1-13(19(23)22-15-4-2-3-5-15)26-20(24)18-11-10-17(27-18)12-25-16-8-6-14(21)7-9-16/h6-11,13,15H,2-5,12H2,1H3,(H,22,23). The molecule has 1 saturated carbocycles. The summed E-state index contributed by atoms with van der Waals surface area (Å²) < 4.78 is 28.9. The van der Waals surface area contributed by atoms with E-state index in [1.165, 1.54) is 37.3 Å². The molecule has 1 atom stereocenters. The highest BCUT2D eigenvalue weighted by molar-refractivity contribution is 5.90. The molecule has 1 unspecified atom stereocenters. The predicted molar refractivity (Wildman–Crippen MR) is 94.7 cm³/mol. The first-order valence-electron chi connectivity index (χ1n) is 8.99. The summed E-state index contributed by atoms with van der Waals surface area (Å²) in [6.07, 6.45) is 3.23. The van der Waals surface area contributed by atoms with Gasteiger partial charge in [-0.2, -0.15) is 0 Å². The number of amides is 1. The Balaban J connectivity index is 1.48. The summed E-state index contributed by atoms with van der Waals surface area (Å²) in [4.78, 5) is 24.2. The van der Waals surface area contributed by atoms with E-state index in [9.17, 15) is 14.0 Å². The van der Waals surface area contributed by atoms with Crippen molar-refractivity contribution in [3.63, 3.8) is 0 Å². The lowest BCUT2D eigenvalue weighted by Crippen LogP contribution is -2.40. The van der Waals surface area contributed by atoms with Crippen LogP contribution in [0.3, 0.4) is 0 Å². The number of carbonyl (C=O) groups is 2. The molecule has 0 spiro atoms. The maximum absolute atomic E-state index is 12.9. The van der Waals surface area contributed by atoms with Gasteiger partial charge in [-0.25, -0.2) is 9.18 Å². The predicted octanol–water partition coefficient (Wildman–Crippen LogP) is 3.60. The highest BCUT2D eigenvalue weighted by Gasteiger charge is 2.24. The Labute approximate surface area is 156 Å². The van der Waals surface area contributed by atoms with E-state index in [0.717, 1.165) is 25.7 Å². The number of hydrogen-bond donors (Lipinski definition) is 1. The molecule has 6 nitrogen and oxygen atoms in total. The molecule has 144 valence electrons. The van der Waals surface area contributed by atoms with Gasteiger partial charge in [0.2, 0.25) is 5.76 Å². The largest absolute Gasteiger partial charge is 0.486 e. The number of ether oxygens (including phenoxy) is 2. The van der Waals surface area contributed by atoms with E-state index < -0.39 is 12.1 Å². The zero-order valence-corrected chi connectivity index (χ0v) is 15.1. The molecule has 1 aliphatic rings. The third-order valence-electron chi connectivity index (χ3n) is 4.41. The van der Waals surface area contributed by atoms with Crippen LogP contribution in [0.2, 0.25) is 0 Å². The van der Waals surface area contributed by atoms with Crippen molar-refractivity contribution in [2.45, 2.75) is 51.4 Å². The van der Waals surface area contributed by atoms with Crippen molar-refractivity contribution in [2.75, 3.05) is 0 Å². The molecule has 7 heteroatoms. The van der Waals surface area contributed by atoms with Gasteiger partial charge in [0.1, 0.15) is 23.9 Å². The van der Waals surface area contributed by atoms with Gasteiger partial charge in [-0.15, -0.1) is 0 Å². The van der Waals surface area contributed by atoms with E-state index in [1.807, 2.05) is 0 Å². The Morgan fingerprint density at radius 2 is 1.89 bits per heavy atom. The maximum Gasteiger partial charge on any atom is 0.375 e. The topological polar surface area (TPSA) is 77.8 Å². The van der Waals surface area contributed by atoms with Gasteiger partial charge in [0, 0.05) is 6.04 Å². The summed E-state index contributed by atoms with van der Waals surface area (Å²) in [6.45, 7) is 1.61.